The van der Waals surface area contributed by atoms with E-state index in [-0.39, 0.29) is 0 Å². The van der Waals surface area contributed by atoms with Crippen LogP contribution in [0.25, 0.3) is 39.1 Å². The maximum absolute atomic E-state index is 9.06. The van der Waals surface area contributed by atoms with Gasteiger partial charge < -0.3 is 5.32 Å². The van der Waals surface area contributed by atoms with E-state index in [0.717, 1.165) is 39.1 Å². The van der Waals surface area contributed by atoms with Gasteiger partial charge in [0.05, 0.1) is 35.5 Å². The van der Waals surface area contributed by atoms with Crippen LogP contribution in [0.2, 0.25) is 5.02 Å². The molecule has 0 saturated carbocycles. The molecule has 1 amide bonds. The lowest BCUT2D eigenvalue weighted by Crippen LogP contribution is -1.98. The number of nitrogens with zero attached hydrogens (tertiary/aromatic N) is 5. The summed E-state index contributed by atoms with van der Waals surface area (Å²) >= 11 is 5.99. The molecule has 2 aromatic carbocycles. The molecule has 5 aromatic rings. The Morgan fingerprint density at radius 2 is 1.73 bits per heavy atom. The maximum atomic E-state index is 9.06. The lowest BCUT2D eigenvalue weighted by atomic mass is 10.1. The fourth-order valence-corrected chi connectivity index (χ4v) is 3.32. The summed E-state index contributed by atoms with van der Waals surface area (Å²) in [5, 5.41) is 8.38. The summed E-state index contributed by atoms with van der Waals surface area (Å²) in [6.45, 7) is 0. The minimum absolute atomic E-state index is 0.625. The first-order valence-electron chi connectivity index (χ1n) is 9.23. The van der Waals surface area contributed by atoms with Crippen LogP contribution < -0.4 is 5.32 Å². The van der Waals surface area contributed by atoms with Crippen molar-refractivity contribution >= 4 is 34.6 Å². The van der Waals surface area contributed by atoms with Gasteiger partial charge in [-0.25, -0.2) is 4.98 Å². The van der Waals surface area contributed by atoms with Gasteiger partial charge in [-0.05, 0) is 24.3 Å². The SMILES string of the molecule is CNC=O.Cn1ncc2cc(-c3cnc4cnc(-c5ccc(Cl)cc5)cn34)ccc21. The highest BCUT2D eigenvalue weighted by Gasteiger charge is 2.10. The molecule has 0 fully saturated rings. The van der Waals surface area contributed by atoms with Gasteiger partial charge in [0.25, 0.3) is 0 Å². The van der Waals surface area contributed by atoms with Gasteiger partial charge in [0.15, 0.2) is 5.65 Å². The van der Waals surface area contributed by atoms with Crippen LogP contribution in [0.3, 0.4) is 0 Å². The van der Waals surface area contributed by atoms with E-state index in [0.29, 0.717) is 11.4 Å². The number of benzene rings is 2. The Morgan fingerprint density at radius 1 is 1.00 bits per heavy atom. The molecule has 5 rings (SSSR count). The summed E-state index contributed by atoms with van der Waals surface area (Å²) in [5.41, 5.74) is 5.90. The van der Waals surface area contributed by atoms with E-state index < -0.39 is 0 Å². The Morgan fingerprint density at radius 3 is 2.47 bits per heavy atom. The predicted molar refractivity (Wildman–Crippen MR) is 118 cm³/mol. The smallest absolute Gasteiger partial charge is 0.206 e. The quantitative estimate of drug-likeness (QED) is 0.450. The Labute approximate surface area is 178 Å². The number of fused-ring (bicyclic) bond motifs is 2. The van der Waals surface area contributed by atoms with Crippen LogP contribution in [0.1, 0.15) is 0 Å². The number of halogens is 1. The van der Waals surface area contributed by atoms with Crippen molar-refractivity contribution in [1.29, 1.82) is 0 Å². The van der Waals surface area contributed by atoms with Crippen molar-refractivity contribution in [2.45, 2.75) is 0 Å². The molecule has 0 aliphatic heterocycles. The Bertz CT molecular complexity index is 1320. The number of rotatable bonds is 3. The topological polar surface area (TPSA) is 77.1 Å². The van der Waals surface area contributed by atoms with Crippen molar-refractivity contribution in [3.05, 3.63) is 72.3 Å². The lowest BCUT2D eigenvalue weighted by molar-refractivity contribution is -0.109. The van der Waals surface area contributed by atoms with E-state index in [4.69, 9.17) is 16.4 Å². The second-order valence-corrected chi connectivity index (χ2v) is 7.04. The molecule has 0 saturated heterocycles. The van der Waals surface area contributed by atoms with E-state index in [1.807, 2.05) is 54.6 Å². The third-order valence-electron chi connectivity index (χ3n) is 4.70. The average molecular weight is 419 g/mol. The molecule has 0 radical (unpaired) electrons. The molecule has 1 N–H and O–H groups in total. The highest BCUT2D eigenvalue weighted by molar-refractivity contribution is 6.30. The Balaban J connectivity index is 0.000000503. The lowest BCUT2D eigenvalue weighted by Gasteiger charge is -2.06. The molecule has 7 nitrogen and oxygen atoms in total. The van der Waals surface area contributed by atoms with Crippen LogP contribution in [0.15, 0.2) is 67.3 Å². The summed E-state index contributed by atoms with van der Waals surface area (Å²) in [6.07, 6.45) is 8.17. The van der Waals surface area contributed by atoms with E-state index in [1.54, 1.807) is 13.2 Å². The first kappa shape index (κ1) is 19.6. The van der Waals surface area contributed by atoms with Crippen molar-refractivity contribution in [1.82, 2.24) is 29.5 Å². The van der Waals surface area contributed by atoms with Crippen molar-refractivity contribution in [2.24, 2.45) is 7.05 Å². The number of carbonyl (C=O) groups is 1. The minimum Gasteiger partial charge on any atom is -0.362 e. The normalized spacial score (nSPS) is 10.6. The molecule has 0 bridgehead atoms. The number of amides is 1. The summed E-state index contributed by atoms with van der Waals surface area (Å²) < 4.78 is 3.94. The van der Waals surface area contributed by atoms with Gasteiger partial charge >= 0.3 is 0 Å². The fourth-order valence-electron chi connectivity index (χ4n) is 3.20. The molecule has 3 aromatic heterocycles. The second-order valence-electron chi connectivity index (χ2n) is 6.60. The molecular weight excluding hydrogens is 400 g/mol. The highest BCUT2D eigenvalue weighted by atomic mass is 35.5. The summed E-state index contributed by atoms with van der Waals surface area (Å²) in [4.78, 5) is 18.1. The highest BCUT2D eigenvalue weighted by Crippen LogP contribution is 2.27. The number of aryl methyl sites for hydroxylation is 1. The first-order valence-corrected chi connectivity index (χ1v) is 9.60. The average Bonchev–Trinajstić information content (AvgIpc) is 3.37. The zero-order valence-electron chi connectivity index (χ0n) is 16.5. The maximum Gasteiger partial charge on any atom is 0.206 e. The second kappa shape index (κ2) is 8.34. The van der Waals surface area contributed by atoms with Gasteiger partial charge in [0, 0.05) is 41.8 Å². The molecule has 30 heavy (non-hydrogen) atoms. The van der Waals surface area contributed by atoms with Gasteiger partial charge in [-0.15, -0.1) is 0 Å². The number of aromatic nitrogens is 5. The number of nitrogens with one attached hydrogen (secondary N) is 1. The molecule has 0 aliphatic rings. The van der Waals surface area contributed by atoms with Crippen LogP contribution in [0, 0.1) is 0 Å². The molecule has 0 aliphatic carbocycles. The largest absolute Gasteiger partial charge is 0.362 e. The monoisotopic (exact) mass is 418 g/mol. The van der Waals surface area contributed by atoms with Crippen LogP contribution in [0.5, 0.6) is 0 Å². The molecule has 0 atom stereocenters. The van der Waals surface area contributed by atoms with Crippen LogP contribution >= 0.6 is 11.6 Å². The van der Waals surface area contributed by atoms with E-state index in [9.17, 15) is 0 Å². The fraction of sp³-hybridized carbons (Fsp3) is 0.0909. The van der Waals surface area contributed by atoms with Gasteiger partial charge in [-0.2, -0.15) is 5.10 Å². The molecule has 8 heteroatoms. The standard InChI is InChI=1S/C20H14ClN5.C2H5NO/c1-25-18-7-4-14(8-15(18)9-24-25)19-10-23-20-11-22-17(12-26(19)20)13-2-5-16(21)6-3-13;1-3-2-4/h2-12H,1H3;2H,1H3,(H,3,4). The number of carbonyl (C=O) groups excluding carboxylic acids is 1. The van der Waals surface area contributed by atoms with Crippen molar-refractivity contribution in [2.75, 3.05) is 7.05 Å². The number of hydrogen-bond donors (Lipinski definition) is 1. The zero-order valence-corrected chi connectivity index (χ0v) is 17.2. The van der Waals surface area contributed by atoms with Gasteiger partial charge in [0.2, 0.25) is 6.41 Å². The number of imidazole rings is 1. The van der Waals surface area contributed by atoms with Crippen LogP contribution in [0.4, 0.5) is 0 Å². The molecular formula is C22H19ClN6O. The number of hydrogen-bond acceptors (Lipinski definition) is 4. The molecule has 0 unspecified atom stereocenters. The first-order chi connectivity index (χ1) is 14.6. The third-order valence-corrected chi connectivity index (χ3v) is 4.95. The van der Waals surface area contributed by atoms with E-state index >= 15 is 0 Å². The van der Waals surface area contributed by atoms with E-state index in [2.05, 4.69) is 43.0 Å². The van der Waals surface area contributed by atoms with E-state index in [1.165, 1.54) is 0 Å². The molecule has 0 spiro atoms. The van der Waals surface area contributed by atoms with Crippen LogP contribution in [-0.2, 0) is 11.8 Å². The van der Waals surface area contributed by atoms with Crippen LogP contribution in [-0.4, -0.2) is 37.6 Å². The predicted octanol–water partition coefficient (Wildman–Crippen LogP) is 3.97. The summed E-state index contributed by atoms with van der Waals surface area (Å²) in [6, 6.07) is 14.0. The third kappa shape index (κ3) is 3.75. The van der Waals surface area contributed by atoms with Gasteiger partial charge in [-0.1, -0.05) is 29.8 Å². The Kier molecular flexibility index (Phi) is 5.45. The zero-order chi connectivity index (χ0) is 21.1. The van der Waals surface area contributed by atoms with Gasteiger partial charge in [0.1, 0.15) is 0 Å². The van der Waals surface area contributed by atoms with Crippen molar-refractivity contribution < 1.29 is 4.79 Å². The summed E-state index contributed by atoms with van der Waals surface area (Å²) in [5.74, 6) is 0. The molecule has 3 heterocycles. The molecule has 150 valence electrons. The van der Waals surface area contributed by atoms with Crippen molar-refractivity contribution in [3.63, 3.8) is 0 Å². The summed E-state index contributed by atoms with van der Waals surface area (Å²) in [7, 11) is 3.51. The van der Waals surface area contributed by atoms with Crippen molar-refractivity contribution in [3.8, 4) is 22.5 Å². The Hall–Kier alpha value is -3.71. The minimum atomic E-state index is 0.625. The van der Waals surface area contributed by atoms with Gasteiger partial charge in [-0.3, -0.25) is 18.9 Å².